The van der Waals surface area contributed by atoms with Crippen molar-refractivity contribution in [3.8, 4) is 0 Å². The number of rotatable bonds is 4. The van der Waals surface area contributed by atoms with Crippen molar-refractivity contribution >= 4 is 10.1 Å². The molecule has 0 bridgehead atoms. The lowest BCUT2D eigenvalue weighted by molar-refractivity contribution is 0.280. The standard InChI is InChI=1S/C6H12O3S/c1-4-10(7,8)9-5-6(2)3/h4,6H,1,5H2,2-3H3. The second-order valence-electron chi connectivity index (χ2n) is 2.34. The molecule has 3 nitrogen and oxygen atoms in total. The predicted octanol–water partition coefficient (Wildman–Crippen LogP) is 1.13. The Kier molecular flexibility index (Phi) is 3.60. The van der Waals surface area contributed by atoms with Crippen LogP contribution in [-0.2, 0) is 14.3 Å². The maximum Gasteiger partial charge on any atom is 0.289 e. The second kappa shape index (κ2) is 3.73. The van der Waals surface area contributed by atoms with Crippen LogP contribution in [0.1, 0.15) is 13.8 Å². The molecule has 0 heterocycles. The van der Waals surface area contributed by atoms with Crippen molar-refractivity contribution in [2.45, 2.75) is 13.8 Å². The van der Waals surface area contributed by atoms with Crippen LogP contribution in [0.3, 0.4) is 0 Å². The molecule has 0 aliphatic rings. The van der Waals surface area contributed by atoms with Crippen LogP contribution in [0.25, 0.3) is 0 Å². The highest BCUT2D eigenvalue weighted by molar-refractivity contribution is 7.89. The summed E-state index contributed by atoms with van der Waals surface area (Å²) >= 11 is 0. The molecular weight excluding hydrogens is 152 g/mol. The van der Waals surface area contributed by atoms with E-state index in [9.17, 15) is 8.42 Å². The summed E-state index contributed by atoms with van der Waals surface area (Å²) in [4.78, 5) is 0. The fourth-order valence-electron chi connectivity index (χ4n) is 0.279. The molecule has 0 aliphatic heterocycles. The van der Waals surface area contributed by atoms with Crippen LogP contribution in [-0.4, -0.2) is 15.0 Å². The molecule has 0 aromatic rings. The molecule has 4 heteroatoms. The average molecular weight is 164 g/mol. The van der Waals surface area contributed by atoms with Gasteiger partial charge in [0.05, 0.1) is 12.0 Å². The summed E-state index contributed by atoms with van der Waals surface area (Å²) in [6, 6.07) is 0. The first-order valence-electron chi connectivity index (χ1n) is 3.00. The predicted molar refractivity (Wildman–Crippen MR) is 39.9 cm³/mol. The summed E-state index contributed by atoms with van der Waals surface area (Å²) in [7, 11) is -3.45. The summed E-state index contributed by atoms with van der Waals surface area (Å²) in [5, 5.41) is 0.801. The molecule has 0 saturated heterocycles. The molecule has 0 saturated carbocycles. The Balaban J connectivity index is 3.81. The minimum Gasteiger partial charge on any atom is -0.267 e. The molecule has 0 atom stereocenters. The molecule has 0 unspecified atom stereocenters. The number of hydrogen-bond donors (Lipinski definition) is 0. The SMILES string of the molecule is C=CS(=O)(=O)OCC(C)C. The van der Waals surface area contributed by atoms with Crippen LogP contribution in [0.2, 0.25) is 0 Å². The Morgan fingerprint density at radius 2 is 2.10 bits per heavy atom. The van der Waals surface area contributed by atoms with E-state index in [0.717, 1.165) is 5.41 Å². The van der Waals surface area contributed by atoms with E-state index < -0.39 is 10.1 Å². The fraction of sp³-hybridized carbons (Fsp3) is 0.667. The number of hydrogen-bond acceptors (Lipinski definition) is 3. The fourth-order valence-corrected chi connectivity index (χ4v) is 0.837. The second-order valence-corrected chi connectivity index (χ2v) is 3.89. The van der Waals surface area contributed by atoms with E-state index >= 15 is 0 Å². The van der Waals surface area contributed by atoms with Crippen molar-refractivity contribution in [2.24, 2.45) is 5.92 Å². The van der Waals surface area contributed by atoms with Crippen molar-refractivity contribution in [3.05, 3.63) is 12.0 Å². The van der Waals surface area contributed by atoms with Gasteiger partial charge in [-0.3, -0.25) is 4.18 Å². The van der Waals surface area contributed by atoms with Gasteiger partial charge in [-0.15, -0.1) is 0 Å². The normalized spacial score (nSPS) is 11.9. The van der Waals surface area contributed by atoms with Crippen LogP contribution < -0.4 is 0 Å². The Labute approximate surface area is 61.8 Å². The molecule has 0 N–H and O–H groups in total. The first-order chi connectivity index (χ1) is 4.48. The van der Waals surface area contributed by atoms with Gasteiger partial charge >= 0.3 is 0 Å². The smallest absolute Gasteiger partial charge is 0.267 e. The highest BCUT2D eigenvalue weighted by Crippen LogP contribution is 1.99. The Morgan fingerprint density at radius 3 is 2.40 bits per heavy atom. The third kappa shape index (κ3) is 4.52. The van der Waals surface area contributed by atoms with Crippen LogP contribution in [0.15, 0.2) is 12.0 Å². The van der Waals surface area contributed by atoms with Crippen molar-refractivity contribution in [3.63, 3.8) is 0 Å². The van der Waals surface area contributed by atoms with Crippen LogP contribution in [0.5, 0.6) is 0 Å². The molecule has 0 fully saturated rings. The zero-order valence-corrected chi connectivity index (χ0v) is 7.02. The lowest BCUT2D eigenvalue weighted by Gasteiger charge is -2.02. The van der Waals surface area contributed by atoms with Gasteiger partial charge in [0, 0.05) is 0 Å². The minimum atomic E-state index is -3.45. The molecule has 0 rings (SSSR count). The van der Waals surface area contributed by atoms with Gasteiger partial charge in [0.15, 0.2) is 0 Å². The van der Waals surface area contributed by atoms with Gasteiger partial charge in [-0.2, -0.15) is 8.42 Å². The van der Waals surface area contributed by atoms with Crippen molar-refractivity contribution in [1.29, 1.82) is 0 Å². The topological polar surface area (TPSA) is 43.4 Å². The van der Waals surface area contributed by atoms with Gasteiger partial charge in [-0.25, -0.2) is 0 Å². The molecule has 10 heavy (non-hydrogen) atoms. The summed E-state index contributed by atoms with van der Waals surface area (Å²) in [6.45, 7) is 7.06. The molecule has 0 aromatic heterocycles. The minimum absolute atomic E-state index is 0.217. The van der Waals surface area contributed by atoms with E-state index in [1.807, 2.05) is 13.8 Å². The maximum atomic E-state index is 10.6. The van der Waals surface area contributed by atoms with E-state index in [4.69, 9.17) is 0 Å². The van der Waals surface area contributed by atoms with Crippen LogP contribution in [0.4, 0.5) is 0 Å². The molecule has 0 spiro atoms. The molecule has 60 valence electrons. The first-order valence-corrected chi connectivity index (χ1v) is 4.47. The zero-order valence-electron chi connectivity index (χ0n) is 6.20. The Morgan fingerprint density at radius 1 is 1.60 bits per heavy atom. The quantitative estimate of drug-likeness (QED) is 0.585. The van der Waals surface area contributed by atoms with Crippen molar-refractivity contribution < 1.29 is 12.6 Å². The highest BCUT2D eigenvalue weighted by Gasteiger charge is 2.04. The van der Waals surface area contributed by atoms with E-state index in [1.165, 1.54) is 0 Å². The first kappa shape index (κ1) is 9.65. The highest BCUT2D eigenvalue weighted by atomic mass is 32.2. The molecule has 0 aliphatic carbocycles. The zero-order chi connectivity index (χ0) is 8.20. The lowest BCUT2D eigenvalue weighted by Crippen LogP contribution is -2.07. The third-order valence-electron chi connectivity index (χ3n) is 0.770. The van der Waals surface area contributed by atoms with E-state index in [0.29, 0.717) is 0 Å². The molecule has 0 radical (unpaired) electrons. The van der Waals surface area contributed by atoms with Crippen molar-refractivity contribution in [1.82, 2.24) is 0 Å². The summed E-state index contributed by atoms with van der Waals surface area (Å²) in [5.74, 6) is 0.217. The van der Waals surface area contributed by atoms with Gasteiger partial charge in [0.1, 0.15) is 0 Å². The van der Waals surface area contributed by atoms with E-state index in [2.05, 4.69) is 10.8 Å². The van der Waals surface area contributed by atoms with Gasteiger partial charge in [-0.05, 0) is 5.92 Å². The van der Waals surface area contributed by atoms with Crippen LogP contribution in [0, 0.1) is 5.92 Å². The van der Waals surface area contributed by atoms with Crippen LogP contribution >= 0.6 is 0 Å². The van der Waals surface area contributed by atoms with Crippen molar-refractivity contribution in [2.75, 3.05) is 6.61 Å². The van der Waals surface area contributed by atoms with E-state index in [-0.39, 0.29) is 12.5 Å². The van der Waals surface area contributed by atoms with Gasteiger partial charge < -0.3 is 0 Å². The monoisotopic (exact) mass is 164 g/mol. The summed E-state index contributed by atoms with van der Waals surface area (Å²) in [5.41, 5.74) is 0. The third-order valence-corrected chi connectivity index (χ3v) is 1.64. The van der Waals surface area contributed by atoms with Gasteiger partial charge in [0.25, 0.3) is 10.1 Å². The largest absolute Gasteiger partial charge is 0.289 e. The summed E-state index contributed by atoms with van der Waals surface area (Å²) < 4.78 is 25.6. The van der Waals surface area contributed by atoms with E-state index in [1.54, 1.807) is 0 Å². The molecular formula is C6H12O3S. The maximum absolute atomic E-state index is 10.6. The molecule has 0 amide bonds. The Bertz CT molecular complexity index is 191. The molecule has 0 aromatic carbocycles. The van der Waals surface area contributed by atoms with Gasteiger partial charge in [0.2, 0.25) is 0 Å². The average Bonchev–Trinajstić information content (AvgIpc) is 1.85. The van der Waals surface area contributed by atoms with Gasteiger partial charge in [-0.1, -0.05) is 20.4 Å². The Hall–Kier alpha value is -0.350. The summed E-state index contributed by atoms with van der Waals surface area (Å²) in [6.07, 6.45) is 0. The lowest BCUT2D eigenvalue weighted by atomic mass is 10.2.